The predicted molar refractivity (Wildman–Crippen MR) is 72.9 cm³/mol. The number of halogens is 1. The van der Waals surface area contributed by atoms with Crippen molar-refractivity contribution in [2.75, 3.05) is 19.6 Å². The molecule has 2 N–H and O–H groups in total. The first-order valence-electron chi connectivity index (χ1n) is 6.66. The van der Waals surface area contributed by atoms with Crippen LogP contribution in [0.5, 0.6) is 5.75 Å². The summed E-state index contributed by atoms with van der Waals surface area (Å²) in [5, 5.41) is 14.1. The lowest BCUT2D eigenvalue weighted by Crippen LogP contribution is -2.44. The number of likely N-dealkylation sites (tertiary alicyclic amines) is 1. The highest BCUT2D eigenvalue weighted by Gasteiger charge is 2.34. The van der Waals surface area contributed by atoms with Gasteiger partial charge in [-0.3, -0.25) is 4.90 Å². The zero-order valence-corrected chi connectivity index (χ0v) is 11.2. The van der Waals surface area contributed by atoms with Crippen LogP contribution >= 0.6 is 11.6 Å². The number of phenols is 1. The van der Waals surface area contributed by atoms with Crippen LogP contribution in [0.3, 0.4) is 0 Å². The van der Waals surface area contributed by atoms with Crippen molar-refractivity contribution in [3.8, 4) is 5.75 Å². The molecule has 0 amide bonds. The fourth-order valence-corrected chi connectivity index (χ4v) is 3.45. The van der Waals surface area contributed by atoms with Gasteiger partial charge < -0.3 is 10.4 Å². The second kappa shape index (κ2) is 5.08. The summed E-state index contributed by atoms with van der Waals surface area (Å²) in [6.07, 6.45) is 2.58. The Labute approximate surface area is 113 Å². The minimum Gasteiger partial charge on any atom is -0.508 e. The molecule has 0 aliphatic carbocycles. The number of phenolic OH excluding ortho intramolecular Hbond substituents is 1. The topological polar surface area (TPSA) is 35.5 Å². The van der Waals surface area contributed by atoms with E-state index in [1.54, 1.807) is 12.1 Å². The molecule has 18 heavy (non-hydrogen) atoms. The molecule has 0 bridgehead atoms. The first kappa shape index (κ1) is 12.3. The Balaban J connectivity index is 1.77. The average molecular weight is 267 g/mol. The van der Waals surface area contributed by atoms with Gasteiger partial charge in [-0.15, -0.1) is 0 Å². The van der Waals surface area contributed by atoms with E-state index in [0.717, 1.165) is 37.7 Å². The maximum absolute atomic E-state index is 9.91. The van der Waals surface area contributed by atoms with Gasteiger partial charge in [0.1, 0.15) is 5.75 Å². The van der Waals surface area contributed by atoms with Crippen molar-refractivity contribution in [2.24, 2.45) is 5.92 Å². The Kier molecular flexibility index (Phi) is 3.46. The number of nitrogens with zero attached hydrogens (tertiary/aromatic N) is 1. The number of hydrogen-bond donors (Lipinski definition) is 2. The summed E-state index contributed by atoms with van der Waals surface area (Å²) in [7, 11) is 0. The third kappa shape index (κ3) is 2.35. The number of fused-ring (bicyclic) bond motifs is 1. The normalized spacial score (nSPS) is 28.3. The van der Waals surface area contributed by atoms with Gasteiger partial charge in [-0.2, -0.15) is 0 Å². The number of aromatic hydroxyl groups is 1. The molecule has 1 aromatic rings. The van der Waals surface area contributed by atoms with Crippen LogP contribution in [0.4, 0.5) is 0 Å². The molecule has 2 atom stereocenters. The van der Waals surface area contributed by atoms with Crippen LogP contribution in [0.2, 0.25) is 5.02 Å². The molecule has 3 nitrogen and oxygen atoms in total. The second-order valence-electron chi connectivity index (χ2n) is 5.37. The lowest BCUT2D eigenvalue weighted by atomic mass is 9.91. The summed E-state index contributed by atoms with van der Waals surface area (Å²) < 4.78 is 0. The van der Waals surface area contributed by atoms with Crippen LogP contribution in [0.15, 0.2) is 18.2 Å². The molecule has 2 saturated heterocycles. The van der Waals surface area contributed by atoms with Gasteiger partial charge in [-0.25, -0.2) is 0 Å². The monoisotopic (exact) mass is 266 g/mol. The van der Waals surface area contributed by atoms with Gasteiger partial charge >= 0.3 is 0 Å². The van der Waals surface area contributed by atoms with Crippen LogP contribution in [0.1, 0.15) is 18.4 Å². The number of nitrogens with one attached hydrogen (secondary N) is 1. The number of piperidine rings is 1. The highest BCUT2D eigenvalue weighted by molar-refractivity contribution is 6.30. The zero-order chi connectivity index (χ0) is 12.5. The predicted octanol–water partition coefficient (Wildman–Crippen LogP) is 2.23. The summed E-state index contributed by atoms with van der Waals surface area (Å²) in [6.45, 7) is 4.14. The van der Waals surface area contributed by atoms with E-state index in [2.05, 4.69) is 10.2 Å². The Morgan fingerprint density at radius 1 is 1.39 bits per heavy atom. The summed E-state index contributed by atoms with van der Waals surface area (Å²) in [4.78, 5) is 2.49. The molecule has 2 unspecified atom stereocenters. The summed E-state index contributed by atoms with van der Waals surface area (Å²) in [6, 6.07) is 5.92. The van der Waals surface area contributed by atoms with Gasteiger partial charge in [0, 0.05) is 29.7 Å². The van der Waals surface area contributed by atoms with E-state index in [9.17, 15) is 5.11 Å². The van der Waals surface area contributed by atoms with Crippen LogP contribution in [0.25, 0.3) is 0 Å². The van der Waals surface area contributed by atoms with E-state index in [1.165, 1.54) is 12.8 Å². The molecule has 0 radical (unpaired) electrons. The quantitative estimate of drug-likeness (QED) is 0.862. The first-order chi connectivity index (χ1) is 8.74. The fraction of sp³-hybridized carbons (Fsp3) is 0.571. The fourth-order valence-electron chi connectivity index (χ4n) is 3.26. The van der Waals surface area contributed by atoms with Gasteiger partial charge in [0.2, 0.25) is 0 Å². The molecule has 2 heterocycles. The Morgan fingerprint density at radius 3 is 3.17 bits per heavy atom. The van der Waals surface area contributed by atoms with Crippen LogP contribution in [-0.2, 0) is 6.54 Å². The molecular formula is C14H19ClN2O. The van der Waals surface area contributed by atoms with Crippen LogP contribution < -0.4 is 5.32 Å². The Morgan fingerprint density at radius 2 is 2.28 bits per heavy atom. The van der Waals surface area contributed by atoms with E-state index < -0.39 is 0 Å². The number of rotatable bonds is 2. The van der Waals surface area contributed by atoms with Crippen LogP contribution in [0, 0.1) is 5.92 Å². The molecule has 2 aliphatic heterocycles. The smallest absolute Gasteiger partial charge is 0.120 e. The highest BCUT2D eigenvalue weighted by Crippen LogP contribution is 2.30. The van der Waals surface area contributed by atoms with Gasteiger partial charge in [-0.05, 0) is 50.0 Å². The molecular weight excluding hydrogens is 248 g/mol. The lowest BCUT2D eigenvalue weighted by molar-refractivity contribution is 0.116. The third-order valence-electron chi connectivity index (χ3n) is 4.21. The molecule has 2 aliphatic rings. The van der Waals surface area contributed by atoms with Crippen molar-refractivity contribution in [3.63, 3.8) is 0 Å². The minimum atomic E-state index is 0.354. The molecule has 0 spiro atoms. The second-order valence-corrected chi connectivity index (χ2v) is 5.81. The lowest BCUT2D eigenvalue weighted by Gasteiger charge is -2.37. The molecule has 2 fully saturated rings. The summed E-state index contributed by atoms with van der Waals surface area (Å²) >= 11 is 6.00. The van der Waals surface area contributed by atoms with Crippen molar-refractivity contribution in [1.29, 1.82) is 0 Å². The SMILES string of the molecule is Oc1ccc(Cl)cc1CN1CCCC2CNCC21. The Bertz CT molecular complexity index is 438. The first-order valence-corrected chi connectivity index (χ1v) is 7.04. The molecule has 4 heteroatoms. The van der Waals surface area contributed by atoms with Crippen molar-refractivity contribution >= 4 is 11.6 Å². The van der Waals surface area contributed by atoms with Gasteiger partial charge in [0.25, 0.3) is 0 Å². The van der Waals surface area contributed by atoms with E-state index in [-0.39, 0.29) is 0 Å². The highest BCUT2D eigenvalue weighted by atomic mass is 35.5. The Hall–Kier alpha value is -0.770. The van der Waals surface area contributed by atoms with E-state index in [1.807, 2.05) is 6.07 Å². The zero-order valence-electron chi connectivity index (χ0n) is 10.4. The third-order valence-corrected chi connectivity index (χ3v) is 4.44. The van der Waals surface area contributed by atoms with Gasteiger partial charge in [0.05, 0.1) is 0 Å². The van der Waals surface area contributed by atoms with E-state index in [0.29, 0.717) is 16.8 Å². The van der Waals surface area contributed by atoms with Crippen molar-refractivity contribution in [3.05, 3.63) is 28.8 Å². The minimum absolute atomic E-state index is 0.354. The maximum atomic E-state index is 9.91. The summed E-state index contributed by atoms with van der Waals surface area (Å²) in [5.41, 5.74) is 0.940. The largest absolute Gasteiger partial charge is 0.508 e. The number of hydrogen-bond acceptors (Lipinski definition) is 3. The van der Waals surface area contributed by atoms with Gasteiger partial charge in [0.15, 0.2) is 0 Å². The van der Waals surface area contributed by atoms with Crippen molar-refractivity contribution < 1.29 is 5.11 Å². The summed E-state index contributed by atoms with van der Waals surface area (Å²) in [5.74, 6) is 1.13. The van der Waals surface area contributed by atoms with Crippen LogP contribution in [-0.4, -0.2) is 35.7 Å². The van der Waals surface area contributed by atoms with E-state index in [4.69, 9.17) is 11.6 Å². The standard InChI is InChI=1S/C14H19ClN2O/c15-12-3-4-14(18)11(6-12)9-17-5-1-2-10-7-16-8-13(10)17/h3-4,6,10,13,16,18H,1-2,5,7-9H2. The van der Waals surface area contributed by atoms with E-state index >= 15 is 0 Å². The maximum Gasteiger partial charge on any atom is 0.120 e. The number of benzene rings is 1. The molecule has 3 rings (SSSR count). The molecule has 0 aromatic heterocycles. The molecule has 98 valence electrons. The van der Waals surface area contributed by atoms with Gasteiger partial charge in [-0.1, -0.05) is 11.6 Å². The molecule has 0 saturated carbocycles. The molecule has 1 aromatic carbocycles. The van der Waals surface area contributed by atoms with Crippen molar-refractivity contribution in [2.45, 2.75) is 25.4 Å². The van der Waals surface area contributed by atoms with Crippen molar-refractivity contribution in [1.82, 2.24) is 10.2 Å². The average Bonchev–Trinajstić information content (AvgIpc) is 2.83.